The second-order valence-corrected chi connectivity index (χ2v) is 3.92. The maximum Gasteiger partial charge on any atom is 0.0459 e. The van der Waals surface area contributed by atoms with Crippen molar-refractivity contribution in [1.82, 2.24) is 0 Å². The highest BCUT2D eigenvalue weighted by Gasteiger charge is 2.04. The monoisotopic (exact) mass is 178 g/mol. The lowest BCUT2D eigenvalue weighted by molar-refractivity contribution is 0.237. The molecule has 0 unspecified atom stereocenters. The van der Waals surface area contributed by atoms with E-state index in [9.17, 15) is 0 Å². The Balaban J connectivity index is 2.77. The van der Waals surface area contributed by atoms with E-state index in [1.54, 1.807) is 0 Å². The summed E-state index contributed by atoms with van der Waals surface area (Å²) in [7, 11) is 0. The van der Waals surface area contributed by atoms with E-state index in [1.165, 1.54) is 16.7 Å². The summed E-state index contributed by atoms with van der Waals surface area (Å²) >= 11 is 0. The summed E-state index contributed by atoms with van der Waals surface area (Å²) in [4.78, 5) is 0. The molecular formula is C12H18O. The van der Waals surface area contributed by atoms with E-state index in [-0.39, 0.29) is 6.61 Å². The number of hydrogen-bond acceptors (Lipinski definition) is 1. The Kier molecular flexibility index (Phi) is 3.49. The SMILES string of the molecule is Cc1ccc(C[C@H](C)CO)c(C)c1. The van der Waals surface area contributed by atoms with Crippen LogP contribution < -0.4 is 0 Å². The Morgan fingerprint density at radius 3 is 2.54 bits per heavy atom. The van der Waals surface area contributed by atoms with Crippen LogP contribution in [-0.2, 0) is 6.42 Å². The molecule has 0 spiro atoms. The fourth-order valence-corrected chi connectivity index (χ4v) is 1.51. The molecule has 0 aliphatic carbocycles. The minimum Gasteiger partial charge on any atom is -0.396 e. The number of benzene rings is 1. The third-order valence-corrected chi connectivity index (χ3v) is 2.38. The van der Waals surface area contributed by atoms with E-state index in [0.29, 0.717) is 5.92 Å². The number of aryl methyl sites for hydroxylation is 2. The van der Waals surface area contributed by atoms with Gasteiger partial charge in [0.1, 0.15) is 0 Å². The maximum atomic E-state index is 8.94. The van der Waals surface area contributed by atoms with Gasteiger partial charge in [-0.15, -0.1) is 0 Å². The van der Waals surface area contributed by atoms with Crippen LogP contribution in [0.3, 0.4) is 0 Å². The predicted octanol–water partition coefficient (Wildman–Crippen LogP) is 2.47. The molecule has 1 nitrogen and oxygen atoms in total. The van der Waals surface area contributed by atoms with Gasteiger partial charge in [0.25, 0.3) is 0 Å². The zero-order valence-corrected chi connectivity index (χ0v) is 8.67. The largest absolute Gasteiger partial charge is 0.396 e. The molecule has 0 saturated carbocycles. The molecular weight excluding hydrogens is 160 g/mol. The molecule has 1 N–H and O–H groups in total. The van der Waals surface area contributed by atoms with E-state index in [1.807, 2.05) is 0 Å². The van der Waals surface area contributed by atoms with Gasteiger partial charge in [0.2, 0.25) is 0 Å². The molecule has 0 bridgehead atoms. The highest BCUT2D eigenvalue weighted by atomic mass is 16.3. The van der Waals surface area contributed by atoms with Crippen molar-refractivity contribution >= 4 is 0 Å². The van der Waals surface area contributed by atoms with Crippen LogP contribution in [-0.4, -0.2) is 11.7 Å². The normalized spacial score (nSPS) is 12.9. The minimum atomic E-state index is 0.271. The Bertz CT molecular complexity index is 278. The highest BCUT2D eigenvalue weighted by molar-refractivity contribution is 5.30. The third kappa shape index (κ3) is 2.85. The van der Waals surface area contributed by atoms with E-state index in [0.717, 1.165) is 6.42 Å². The first kappa shape index (κ1) is 10.3. The van der Waals surface area contributed by atoms with Crippen LogP contribution >= 0.6 is 0 Å². The number of aliphatic hydroxyl groups is 1. The molecule has 13 heavy (non-hydrogen) atoms. The Hall–Kier alpha value is -0.820. The van der Waals surface area contributed by atoms with Crippen molar-refractivity contribution in [2.45, 2.75) is 27.2 Å². The van der Waals surface area contributed by atoms with Crippen molar-refractivity contribution in [2.75, 3.05) is 6.61 Å². The van der Waals surface area contributed by atoms with Gasteiger partial charge in [-0.2, -0.15) is 0 Å². The van der Waals surface area contributed by atoms with E-state index >= 15 is 0 Å². The Morgan fingerprint density at radius 2 is 2.00 bits per heavy atom. The Morgan fingerprint density at radius 1 is 1.31 bits per heavy atom. The summed E-state index contributed by atoms with van der Waals surface area (Å²) < 4.78 is 0. The Labute approximate surface area is 80.4 Å². The fourth-order valence-electron chi connectivity index (χ4n) is 1.51. The predicted molar refractivity (Wildman–Crippen MR) is 55.9 cm³/mol. The van der Waals surface area contributed by atoms with Crippen LogP contribution in [0.25, 0.3) is 0 Å². The average molecular weight is 178 g/mol. The molecule has 0 radical (unpaired) electrons. The van der Waals surface area contributed by atoms with Crippen molar-refractivity contribution in [3.8, 4) is 0 Å². The second kappa shape index (κ2) is 4.43. The summed E-state index contributed by atoms with van der Waals surface area (Å²) in [5.74, 6) is 0.362. The first-order chi connectivity index (χ1) is 6.13. The lowest BCUT2D eigenvalue weighted by Gasteiger charge is -2.10. The molecule has 0 fully saturated rings. The summed E-state index contributed by atoms with van der Waals surface area (Å²) in [6.45, 7) is 6.57. The van der Waals surface area contributed by atoms with Gasteiger partial charge in [0, 0.05) is 6.61 Å². The van der Waals surface area contributed by atoms with Crippen molar-refractivity contribution in [3.63, 3.8) is 0 Å². The standard InChI is InChI=1S/C12H18O/c1-9-4-5-12(11(3)6-9)7-10(2)8-13/h4-6,10,13H,7-8H2,1-3H3/t10-/m0/s1. The first-order valence-electron chi connectivity index (χ1n) is 4.80. The van der Waals surface area contributed by atoms with E-state index in [4.69, 9.17) is 5.11 Å². The molecule has 0 heterocycles. The molecule has 0 aromatic heterocycles. The number of rotatable bonds is 3. The summed E-state index contributed by atoms with van der Waals surface area (Å²) in [5.41, 5.74) is 3.99. The topological polar surface area (TPSA) is 20.2 Å². The van der Waals surface area contributed by atoms with Crippen LogP contribution in [0.1, 0.15) is 23.6 Å². The van der Waals surface area contributed by atoms with E-state index in [2.05, 4.69) is 39.0 Å². The van der Waals surface area contributed by atoms with Crippen LogP contribution in [0.5, 0.6) is 0 Å². The van der Waals surface area contributed by atoms with Gasteiger partial charge >= 0.3 is 0 Å². The molecule has 0 amide bonds. The number of hydrogen-bond donors (Lipinski definition) is 1. The van der Waals surface area contributed by atoms with Gasteiger partial charge in [-0.3, -0.25) is 0 Å². The lowest BCUT2D eigenvalue weighted by Crippen LogP contribution is -2.05. The molecule has 0 saturated heterocycles. The number of aliphatic hydroxyl groups excluding tert-OH is 1. The minimum absolute atomic E-state index is 0.271. The molecule has 0 aliphatic heterocycles. The van der Waals surface area contributed by atoms with Gasteiger partial charge < -0.3 is 5.11 Å². The van der Waals surface area contributed by atoms with Crippen LogP contribution in [0.15, 0.2) is 18.2 Å². The molecule has 72 valence electrons. The third-order valence-electron chi connectivity index (χ3n) is 2.38. The van der Waals surface area contributed by atoms with Crippen LogP contribution in [0.4, 0.5) is 0 Å². The average Bonchev–Trinajstić information content (AvgIpc) is 2.09. The smallest absolute Gasteiger partial charge is 0.0459 e. The summed E-state index contributed by atoms with van der Waals surface area (Å²) in [6.07, 6.45) is 0.975. The molecule has 1 atom stereocenters. The van der Waals surface area contributed by atoms with Gasteiger partial charge in [0.05, 0.1) is 0 Å². The highest BCUT2D eigenvalue weighted by Crippen LogP contribution is 2.14. The van der Waals surface area contributed by atoms with Gasteiger partial charge in [-0.25, -0.2) is 0 Å². The van der Waals surface area contributed by atoms with Gasteiger partial charge in [0.15, 0.2) is 0 Å². The van der Waals surface area contributed by atoms with Crippen LogP contribution in [0, 0.1) is 19.8 Å². The summed E-state index contributed by atoms with van der Waals surface area (Å²) in [6, 6.07) is 6.49. The van der Waals surface area contributed by atoms with Crippen molar-refractivity contribution in [2.24, 2.45) is 5.92 Å². The van der Waals surface area contributed by atoms with E-state index < -0.39 is 0 Å². The zero-order chi connectivity index (χ0) is 9.84. The maximum absolute atomic E-state index is 8.94. The fraction of sp³-hybridized carbons (Fsp3) is 0.500. The van der Waals surface area contributed by atoms with Crippen molar-refractivity contribution < 1.29 is 5.11 Å². The van der Waals surface area contributed by atoms with Gasteiger partial charge in [-0.1, -0.05) is 30.7 Å². The molecule has 1 heteroatoms. The molecule has 1 rings (SSSR count). The first-order valence-corrected chi connectivity index (χ1v) is 4.80. The zero-order valence-electron chi connectivity index (χ0n) is 8.67. The molecule has 1 aromatic carbocycles. The summed E-state index contributed by atoms with van der Waals surface area (Å²) in [5, 5.41) is 8.94. The second-order valence-electron chi connectivity index (χ2n) is 3.92. The van der Waals surface area contributed by atoms with Crippen LogP contribution in [0.2, 0.25) is 0 Å². The quantitative estimate of drug-likeness (QED) is 0.754. The molecule has 0 aliphatic rings. The van der Waals surface area contributed by atoms with Crippen molar-refractivity contribution in [1.29, 1.82) is 0 Å². The molecule has 1 aromatic rings. The lowest BCUT2D eigenvalue weighted by atomic mass is 9.97. The van der Waals surface area contributed by atoms with Gasteiger partial charge in [-0.05, 0) is 37.3 Å². The van der Waals surface area contributed by atoms with Crippen molar-refractivity contribution in [3.05, 3.63) is 34.9 Å².